The molecule has 1 N–H and O–H groups in total. The second-order valence-electron chi connectivity index (χ2n) is 6.90. The molecule has 3 rings (SSSR count). The van der Waals surface area contributed by atoms with Crippen LogP contribution in [0.3, 0.4) is 0 Å². The highest BCUT2D eigenvalue weighted by atomic mass is 15.0. The van der Waals surface area contributed by atoms with E-state index in [0.717, 1.165) is 6.54 Å². The molecule has 1 nitrogen and oxygen atoms in total. The molecule has 0 atom stereocenters. The number of rotatable bonds is 3. The number of hydrogen-bond acceptors (Lipinski definition) is 1. The summed E-state index contributed by atoms with van der Waals surface area (Å²) in [5, 5.41) is 6.44. The molecule has 1 aliphatic carbocycles. The van der Waals surface area contributed by atoms with E-state index in [9.17, 15) is 0 Å². The first-order chi connectivity index (χ1) is 8.94. The lowest BCUT2D eigenvalue weighted by Crippen LogP contribution is -2.21. The van der Waals surface area contributed by atoms with Crippen molar-refractivity contribution in [3.8, 4) is 0 Å². The van der Waals surface area contributed by atoms with Crippen LogP contribution in [0.5, 0.6) is 0 Å². The average Bonchev–Trinajstić information content (AvgIpc) is 2.77. The van der Waals surface area contributed by atoms with E-state index >= 15 is 0 Å². The molecular formula is C18H23N. The molecule has 0 heterocycles. The quantitative estimate of drug-likeness (QED) is 0.856. The van der Waals surface area contributed by atoms with Gasteiger partial charge in [-0.05, 0) is 27.2 Å². The van der Waals surface area contributed by atoms with Crippen LogP contribution in [0.4, 0.5) is 0 Å². The first kappa shape index (κ1) is 12.7. The van der Waals surface area contributed by atoms with Crippen molar-refractivity contribution in [2.75, 3.05) is 0 Å². The van der Waals surface area contributed by atoms with Crippen molar-refractivity contribution in [3.05, 3.63) is 48.0 Å². The molecule has 0 aliphatic heterocycles. The zero-order valence-corrected chi connectivity index (χ0v) is 12.3. The van der Waals surface area contributed by atoms with E-state index < -0.39 is 0 Å². The number of hydrogen-bond donors (Lipinski definition) is 1. The van der Waals surface area contributed by atoms with Gasteiger partial charge in [0, 0.05) is 12.6 Å². The smallest absolute Gasteiger partial charge is 0.0214 e. The molecule has 2 aromatic rings. The Bertz CT molecular complexity index is 591. The number of fused-ring (bicyclic) bond motifs is 1. The third-order valence-corrected chi connectivity index (χ3v) is 5.40. The lowest BCUT2D eigenvalue weighted by atomic mass is 10.0. The summed E-state index contributed by atoms with van der Waals surface area (Å²) >= 11 is 0. The van der Waals surface area contributed by atoms with E-state index in [-0.39, 0.29) is 0 Å². The van der Waals surface area contributed by atoms with E-state index in [1.807, 2.05) is 0 Å². The highest BCUT2D eigenvalue weighted by Crippen LogP contribution is 2.62. The lowest BCUT2D eigenvalue weighted by molar-refractivity contribution is 0.457. The van der Waals surface area contributed by atoms with Crippen molar-refractivity contribution in [3.63, 3.8) is 0 Å². The third kappa shape index (κ3) is 1.88. The van der Waals surface area contributed by atoms with Gasteiger partial charge in [-0.15, -0.1) is 0 Å². The maximum Gasteiger partial charge on any atom is 0.0214 e. The Morgan fingerprint density at radius 2 is 1.53 bits per heavy atom. The molecule has 19 heavy (non-hydrogen) atoms. The van der Waals surface area contributed by atoms with Crippen LogP contribution in [0.15, 0.2) is 42.5 Å². The van der Waals surface area contributed by atoms with Crippen LogP contribution in [0.2, 0.25) is 0 Å². The standard InChI is InChI=1S/C18H23N/c1-17(2)16(18(17,3)4)19-12-14-10-7-9-13-8-5-6-11-15(13)14/h5-11,16,19H,12H2,1-4H3. The van der Waals surface area contributed by atoms with Gasteiger partial charge in [-0.25, -0.2) is 0 Å². The number of benzene rings is 2. The fourth-order valence-corrected chi connectivity index (χ4v) is 3.37. The highest BCUT2D eigenvalue weighted by molar-refractivity contribution is 5.85. The van der Waals surface area contributed by atoms with Gasteiger partial charge < -0.3 is 5.32 Å². The summed E-state index contributed by atoms with van der Waals surface area (Å²) in [7, 11) is 0. The van der Waals surface area contributed by atoms with Crippen molar-refractivity contribution in [1.82, 2.24) is 5.32 Å². The Balaban J connectivity index is 1.81. The van der Waals surface area contributed by atoms with E-state index in [0.29, 0.717) is 16.9 Å². The second-order valence-corrected chi connectivity index (χ2v) is 6.90. The summed E-state index contributed by atoms with van der Waals surface area (Å²) in [4.78, 5) is 0. The maximum absolute atomic E-state index is 3.75. The largest absolute Gasteiger partial charge is 0.309 e. The van der Waals surface area contributed by atoms with Gasteiger partial charge in [-0.3, -0.25) is 0 Å². The van der Waals surface area contributed by atoms with Gasteiger partial charge in [-0.1, -0.05) is 70.2 Å². The first-order valence-electron chi connectivity index (χ1n) is 7.14. The monoisotopic (exact) mass is 253 g/mol. The fraction of sp³-hybridized carbons (Fsp3) is 0.444. The van der Waals surface area contributed by atoms with Crippen molar-refractivity contribution in [2.24, 2.45) is 10.8 Å². The van der Waals surface area contributed by atoms with Gasteiger partial charge in [-0.2, -0.15) is 0 Å². The molecule has 0 aromatic heterocycles. The van der Waals surface area contributed by atoms with Crippen LogP contribution in [0.1, 0.15) is 33.3 Å². The van der Waals surface area contributed by atoms with Gasteiger partial charge >= 0.3 is 0 Å². The Morgan fingerprint density at radius 1 is 0.895 bits per heavy atom. The molecule has 1 aliphatic rings. The molecule has 0 spiro atoms. The van der Waals surface area contributed by atoms with Crippen LogP contribution in [0.25, 0.3) is 10.8 Å². The summed E-state index contributed by atoms with van der Waals surface area (Å²) in [5.74, 6) is 0. The van der Waals surface area contributed by atoms with Crippen LogP contribution in [0, 0.1) is 10.8 Å². The average molecular weight is 253 g/mol. The lowest BCUT2D eigenvalue weighted by Gasteiger charge is -2.09. The summed E-state index contributed by atoms with van der Waals surface area (Å²) in [6.45, 7) is 10.4. The van der Waals surface area contributed by atoms with E-state index in [4.69, 9.17) is 0 Å². The summed E-state index contributed by atoms with van der Waals surface area (Å²) in [6, 6.07) is 15.8. The molecule has 0 saturated heterocycles. The Hall–Kier alpha value is -1.34. The topological polar surface area (TPSA) is 12.0 Å². The van der Waals surface area contributed by atoms with E-state index in [2.05, 4.69) is 75.5 Å². The molecule has 0 amide bonds. The van der Waals surface area contributed by atoms with Gasteiger partial charge in [0.25, 0.3) is 0 Å². The molecule has 1 saturated carbocycles. The van der Waals surface area contributed by atoms with Crippen molar-refractivity contribution < 1.29 is 0 Å². The molecule has 1 heteroatoms. The second kappa shape index (κ2) is 4.08. The zero-order chi connectivity index (χ0) is 13.7. The molecule has 100 valence electrons. The molecule has 1 fully saturated rings. The highest BCUT2D eigenvalue weighted by Gasteiger charge is 2.64. The predicted molar refractivity (Wildman–Crippen MR) is 82.1 cm³/mol. The van der Waals surface area contributed by atoms with Crippen LogP contribution >= 0.6 is 0 Å². The Morgan fingerprint density at radius 3 is 2.21 bits per heavy atom. The summed E-state index contributed by atoms with van der Waals surface area (Å²) in [5.41, 5.74) is 2.20. The molecule has 0 radical (unpaired) electrons. The van der Waals surface area contributed by atoms with Gasteiger partial charge in [0.15, 0.2) is 0 Å². The minimum absolute atomic E-state index is 0.400. The number of nitrogens with one attached hydrogen (secondary N) is 1. The van der Waals surface area contributed by atoms with Crippen molar-refractivity contribution in [1.29, 1.82) is 0 Å². The van der Waals surface area contributed by atoms with Crippen LogP contribution in [-0.4, -0.2) is 6.04 Å². The van der Waals surface area contributed by atoms with Crippen LogP contribution in [-0.2, 0) is 6.54 Å². The maximum atomic E-state index is 3.75. The third-order valence-electron chi connectivity index (χ3n) is 5.40. The van der Waals surface area contributed by atoms with Gasteiger partial charge in [0.05, 0.1) is 0 Å². The van der Waals surface area contributed by atoms with Crippen molar-refractivity contribution in [2.45, 2.75) is 40.3 Å². The molecule has 2 aromatic carbocycles. The molecule has 0 unspecified atom stereocenters. The van der Waals surface area contributed by atoms with Gasteiger partial charge in [0.2, 0.25) is 0 Å². The zero-order valence-electron chi connectivity index (χ0n) is 12.3. The summed E-state index contributed by atoms with van der Waals surface area (Å²) < 4.78 is 0. The first-order valence-corrected chi connectivity index (χ1v) is 7.14. The minimum atomic E-state index is 0.400. The van der Waals surface area contributed by atoms with E-state index in [1.165, 1.54) is 16.3 Å². The Kier molecular flexibility index (Phi) is 2.72. The predicted octanol–water partition coefficient (Wildman–Crippen LogP) is 4.36. The minimum Gasteiger partial charge on any atom is -0.309 e. The molecule has 0 bridgehead atoms. The Labute approximate surface area is 116 Å². The summed E-state index contributed by atoms with van der Waals surface area (Å²) in [6.07, 6.45) is 0. The van der Waals surface area contributed by atoms with Crippen LogP contribution < -0.4 is 5.32 Å². The van der Waals surface area contributed by atoms with E-state index in [1.54, 1.807) is 0 Å². The molecular weight excluding hydrogens is 230 g/mol. The SMILES string of the molecule is CC1(C)C(NCc2cccc3ccccc23)C1(C)C. The normalized spacial score (nSPS) is 20.6. The van der Waals surface area contributed by atoms with Crippen molar-refractivity contribution >= 4 is 10.8 Å². The fourth-order valence-electron chi connectivity index (χ4n) is 3.37. The van der Waals surface area contributed by atoms with Gasteiger partial charge in [0.1, 0.15) is 0 Å².